The predicted octanol–water partition coefficient (Wildman–Crippen LogP) is 6.11. The van der Waals surface area contributed by atoms with Crippen LogP contribution in [0.5, 0.6) is 0 Å². The van der Waals surface area contributed by atoms with Gasteiger partial charge < -0.3 is 24.8 Å². The van der Waals surface area contributed by atoms with Crippen LogP contribution < -0.4 is 0 Å². The minimum absolute atomic E-state index is 0.0410. The van der Waals surface area contributed by atoms with E-state index in [0.717, 1.165) is 51.4 Å². The number of unbranched alkanes of at least 4 members (excludes halogenated alkanes) is 7. The first kappa shape index (κ1) is 36.0. The maximum atomic E-state index is 12.0. The lowest BCUT2D eigenvalue weighted by Gasteiger charge is -2.17. The smallest absolute Gasteiger partial charge is 0.306 e. The third kappa shape index (κ3) is 23.2. The number of allylic oxidation sites excluding steroid dienone is 5. The van der Waals surface area contributed by atoms with Gasteiger partial charge in [0, 0.05) is 12.8 Å². The van der Waals surface area contributed by atoms with E-state index in [2.05, 4.69) is 38.2 Å². The average Bonchev–Trinajstić information content (AvgIpc) is 2.91. The summed E-state index contributed by atoms with van der Waals surface area (Å²) in [4.78, 5) is 23.8. The van der Waals surface area contributed by atoms with Crippen LogP contribution in [0.25, 0.3) is 0 Å². The first-order chi connectivity index (χ1) is 18.4. The zero-order chi connectivity index (χ0) is 28.3. The van der Waals surface area contributed by atoms with Crippen LogP contribution in [0.1, 0.15) is 117 Å². The van der Waals surface area contributed by atoms with Crippen LogP contribution in [-0.2, 0) is 19.1 Å². The Kier molecular flexibility index (Phi) is 25.3. The van der Waals surface area contributed by atoms with Crippen LogP contribution in [0.2, 0.25) is 0 Å². The second-order valence-corrected chi connectivity index (χ2v) is 9.79. The van der Waals surface area contributed by atoms with E-state index in [1.54, 1.807) is 0 Å². The summed E-state index contributed by atoms with van der Waals surface area (Å²) >= 11 is 0. The van der Waals surface area contributed by atoms with Gasteiger partial charge in [-0.3, -0.25) is 9.59 Å². The van der Waals surface area contributed by atoms with Crippen molar-refractivity contribution in [3.8, 4) is 0 Å². The number of aliphatic hydroxyl groups is 3. The number of hydrogen-bond donors (Lipinski definition) is 3. The standard InChI is InChI=1S/C31H54O7/c1-3-5-7-9-10-11-12-13-14-15-17-18-21-28(33)29(34)22-20-24-31(36)38-27(25-32)26-37-30(35)23-19-16-8-6-4-2/h10-11,13-14,17-18,27-29,32-34H,3-9,12,15-16,19-26H2,1-2H3/b11-10-,14-13-,18-17-/t27-,28?,29?/m0/s1. The fourth-order valence-electron chi connectivity index (χ4n) is 3.71. The van der Waals surface area contributed by atoms with E-state index < -0.39 is 30.9 Å². The molecule has 38 heavy (non-hydrogen) atoms. The van der Waals surface area contributed by atoms with Crippen LogP contribution >= 0.6 is 0 Å². The molecule has 3 atom stereocenters. The summed E-state index contributed by atoms with van der Waals surface area (Å²) in [7, 11) is 0. The summed E-state index contributed by atoms with van der Waals surface area (Å²) in [6.07, 6.45) is 22.7. The molecule has 7 heteroatoms. The largest absolute Gasteiger partial charge is 0.462 e. The van der Waals surface area contributed by atoms with E-state index in [1.165, 1.54) is 19.3 Å². The quantitative estimate of drug-likeness (QED) is 0.0730. The summed E-state index contributed by atoms with van der Waals surface area (Å²) in [6.45, 7) is 3.73. The Labute approximate surface area is 231 Å². The summed E-state index contributed by atoms with van der Waals surface area (Å²) in [5.41, 5.74) is 0. The number of hydrogen-bond acceptors (Lipinski definition) is 7. The lowest BCUT2D eigenvalue weighted by atomic mass is 10.0. The van der Waals surface area contributed by atoms with Crippen molar-refractivity contribution in [1.29, 1.82) is 0 Å². The third-order valence-electron chi connectivity index (χ3n) is 6.14. The first-order valence-electron chi connectivity index (χ1n) is 14.7. The molecular weight excluding hydrogens is 484 g/mol. The summed E-state index contributed by atoms with van der Waals surface area (Å²) in [6, 6.07) is 0. The molecule has 0 bridgehead atoms. The van der Waals surface area contributed by atoms with E-state index in [0.29, 0.717) is 19.3 Å². The molecule has 7 nitrogen and oxygen atoms in total. The SMILES string of the molecule is CCCCC/C=C\C/C=C\C/C=C\CC(O)C(O)CCCC(=O)O[C@@H](CO)COC(=O)CCCCCCC. The molecule has 0 saturated carbocycles. The number of carbonyl (C=O) groups is 2. The van der Waals surface area contributed by atoms with Crippen LogP contribution in [0.15, 0.2) is 36.5 Å². The van der Waals surface area contributed by atoms with Gasteiger partial charge in [0.15, 0.2) is 6.10 Å². The normalized spacial score (nSPS) is 14.3. The topological polar surface area (TPSA) is 113 Å². The Morgan fingerprint density at radius 1 is 0.711 bits per heavy atom. The van der Waals surface area contributed by atoms with Crippen molar-refractivity contribution in [2.24, 2.45) is 0 Å². The lowest BCUT2D eigenvalue weighted by molar-refractivity contribution is -0.161. The van der Waals surface area contributed by atoms with Gasteiger partial charge in [0.1, 0.15) is 6.61 Å². The van der Waals surface area contributed by atoms with Gasteiger partial charge in [-0.1, -0.05) is 88.8 Å². The number of ether oxygens (including phenoxy) is 2. The molecule has 2 unspecified atom stereocenters. The fraction of sp³-hybridized carbons (Fsp3) is 0.742. The van der Waals surface area contributed by atoms with Crippen LogP contribution in [0, 0.1) is 0 Å². The molecule has 0 aromatic rings. The number of carbonyl (C=O) groups excluding carboxylic acids is 2. The van der Waals surface area contributed by atoms with Gasteiger partial charge in [-0.15, -0.1) is 0 Å². The molecule has 3 N–H and O–H groups in total. The monoisotopic (exact) mass is 538 g/mol. The predicted molar refractivity (Wildman–Crippen MR) is 153 cm³/mol. The van der Waals surface area contributed by atoms with E-state index in [-0.39, 0.29) is 25.4 Å². The van der Waals surface area contributed by atoms with Crippen LogP contribution in [0.3, 0.4) is 0 Å². The van der Waals surface area contributed by atoms with Gasteiger partial charge in [0.25, 0.3) is 0 Å². The second kappa shape index (κ2) is 26.6. The third-order valence-corrected chi connectivity index (χ3v) is 6.14. The van der Waals surface area contributed by atoms with Gasteiger partial charge in [-0.25, -0.2) is 0 Å². The van der Waals surface area contributed by atoms with E-state index >= 15 is 0 Å². The number of esters is 2. The van der Waals surface area contributed by atoms with Gasteiger partial charge in [0.2, 0.25) is 0 Å². The molecular formula is C31H54O7. The van der Waals surface area contributed by atoms with Gasteiger partial charge in [-0.2, -0.15) is 0 Å². The maximum absolute atomic E-state index is 12.0. The molecule has 0 amide bonds. The second-order valence-electron chi connectivity index (χ2n) is 9.79. The molecule has 0 radical (unpaired) electrons. The van der Waals surface area contributed by atoms with Crippen LogP contribution in [0.4, 0.5) is 0 Å². The molecule has 0 aromatic carbocycles. The highest BCUT2D eigenvalue weighted by Gasteiger charge is 2.18. The van der Waals surface area contributed by atoms with Gasteiger partial charge >= 0.3 is 11.9 Å². The van der Waals surface area contributed by atoms with E-state index in [1.807, 2.05) is 12.2 Å². The first-order valence-corrected chi connectivity index (χ1v) is 14.7. The zero-order valence-electron chi connectivity index (χ0n) is 23.9. The molecule has 0 aliphatic heterocycles. The molecule has 220 valence electrons. The zero-order valence-corrected chi connectivity index (χ0v) is 23.9. The molecule has 0 spiro atoms. The lowest BCUT2D eigenvalue weighted by Crippen LogP contribution is -2.29. The van der Waals surface area contributed by atoms with Gasteiger partial charge in [0.05, 0.1) is 18.8 Å². The highest BCUT2D eigenvalue weighted by molar-refractivity contribution is 5.70. The van der Waals surface area contributed by atoms with Crippen molar-refractivity contribution in [2.75, 3.05) is 13.2 Å². The minimum Gasteiger partial charge on any atom is -0.462 e. The van der Waals surface area contributed by atoms with E-state index in [9.17, 15) is 24.9 Å². The van der Waals surface area contributed by atoms with E-state index in [4.69, 9.17) is 9.47 Å². The summed E-state index contributed by atoms with van der Waals surface area (Å²) in [5, 5.41) is 29.7. The molecule has 0 fully saturated rings. The Morgan fingerprint density at radius 3 is 2.00 bits per heavy atom. The summed E-state index contributed by atoms with van der Waals surface area (Å²) < 4.78 is 10.3. The minimum atomic E-state index is -0.937. The van der Waals surface area contributed by atoms with Gasteiger partial charge in [-0.05, 0) is 51.4 Å². The Bertz CT molecular complexity index is 657. The summed E-state index contributed by atoms with van der Waals surface area (Å²) in [5.74, 6) is -0.896. The molecule has 0 heterocycles. The molecule has 0 rings (SSSR count). The van der Waals surface area contributed by atoms with Crippen molar-refractivity contribution in [3.63, 3.8) is 0 Å². The molecule has 0 aliphatic carbocycles. The highest BCUT2D eigenvalue weighted by Crippen LogP contribution is 2.11. The Hall–Kier alpha value is -1.96. The Balaban J connectivity index is 3.95. The number of rotatable bonds is 25. The van der Waals surface area contributed by atoms with Crippen LogP contribution in [-0.4, -0.2) is 58.8 Å². The highest BCUT2D eigenvalue weighted by atomic mass is 16.6. The molecule has 0 aromatic heterocycles. The molecule has 0 saturated heterocycles. The van der Waals surface area contributed by atoms with Crippen molar-refractivity contribution in [2.45, 2.75) is 135 Å². The fourth-order valence-corrected chi connectivity index (χ4v) is 3.71. The Morgan fingerprint density at radius 2 is 1.32 bits per heavy atom. The van der Waals surface area contributed by atoms with Crippen molar-refractivity contribution in [1.82, 2.24) is 0 Å². The van der Waals surface area contributed by atoms with Crippen molar-refractivity contribution >= 4 is 11.9 Å². The van der Waals surface area contributed by atoms with Crippen molar-refractivity contribution in [3.05, 3.63) is 36.5 Å². The average molecular weight is 539 g/mol. The van der Waals surface area contributed by atoms with Crippen molar-refractivity contribution < 1.29 is 34.4 Å². The number of aliphatic hydroxyl groups excluding tert-OH is 3. The maximum Gasteiger partial charge on any atom is 0.306 e. The molecule has 0 aliphatic rings.